The Hall–Kier alpha value is -8.86. The number of rotatable bonds is 65. The van der Waals surface area contributed by atoms with E-state index < -0.39 is 191 Å². The summed E-state index contributed by atoms with van der Waals surface area (Å²) in [6, 6.07) is -2.18. The zero-order valence-electron chi connectivity index (χ0n) is 82.8. The molecule has 135 heavy (non-hydrogen) atoms. The standard InChI is InChI=1S/C99H156N8O25P2S/c1-64(2)33-20-34-65(3)35-21-36-66(4)37-22-38-67(5)39-23-40-68(6)41-24-42-69(7)43-25-44-70(8)45-26-46-71(9)47-27-48-72(10)49-28-50-73(11)51-29-52-74(12)61-62-128-133(122,123)132-134(124,125)131-99-89(103-79(17)109)91(90(111)86(63-108)130-99)129-78(16)94(114)100-76(14)93(113)105-83(97(118)119)59-60-88(110)104-82(95(115)101-75(13)92(112)102-77(15)96(116)117)55-32-56-84(98(120)121)106-135(126,127)87-58-31-53-80-81(87)54-30-57-85(80)107(18)19/h30-31,33,35,37,39,41,43,45,47,49,51,53-54,57-58,74-78,82-84,86,89-91,99,106,108,111H,20-29,32,34,36,38,40,42,44,46,48,50,52,55-56,59-63H2,1-19H3,(H,100,114)(H,101,115)(H,102,112)(H,103,109)(H,104,110)(H,105,113)(H,116,117)(H,118,119)(H,120,121)(H,122,123)(H,124,125)/b65-35+,66-37+,67-39+,68-41-,69-43-,70-45-,71-47-,72-49-,73-51-/t74?,75-,76+,77-,78-,82-,83-,84+,86-,89-,90-,91-,99-/m1/s1. The quantitative estimate of drug-likeness (QED) is 0.0216. The van der Waals surface area contributed by atoms with Gasteiger partial charge in [-0.2, -0.15) is 9.03 Å². The molecule has 14 N–H and O–H groups in total. The molecule has 1 aliphatic rings. The number of aliphatic hydroxyl groups is 2. The highest BCUT2D eigenvalue weighted by molar-refractivity contribution is 7.89. The number of sulfonamides is 1. The Balaban J connectivity index is 1.48. The van der Waals surface area contributed by atoms with E-state index in [2.05, 4.69) is 178 Å². The van der Waals surface area contributed by atoms with Crippen LogP contribution in [0.1, 0.15) is 285 Å². The van der Waals surface area contributed by atoms with E-state index in [1.165, 1.54) is 74.8 Å². The van der Waals surface area contributed by atoms with Crippen LogP contribution in [0.15, 0.2) is 158 Å². The normalized spacial score (nSPS) is 19.1. The maximum absolute atomic E-state index is 13.9. The predicted octanol–water partition coefficient (Wildman–Crippen LogP) is 16.2. The van der Waals surface area contributed by atoms with E-state index in [4.69, 9.17) is 18.5 Å². The summed E-state index contributed by atoms with van der Waals surface area (Å²) in [5.41, 5.74) is 14.8. The molecule has 3 rings (SSSR count). The van der Waals surface area contributed by atoms with Gasteiger partial charge in [-0.15, -0.1) is 0 Å². The second-order valence-electron chi connectivity index (χ2n) is 36.3. The Morgan fingerprint density at radius 2 is 0.889 bits per heavy atom. The molecule has 758 valence electrons. The Bertz CT molecular complexity index is 4780. The number of aliphatic hydroxyl groups excluding tert-OH is 2. The number of carboxylic acid groups (broad SMARTS) is 3. The molecule has 33 nitrogen and oxygen atoms in total. The average molecular weight is 1950 g/mol. The van der Waals surface area contributed by atoms with Crippen LogP contribution in [0, 0.1) is 5.92 Å². The number of nitrogens with one attached hydrogen (secondary N) is 7. The fourth-order valence-electron chi connectivity index (χ4n) is 14.8. The van der Waals surface area contributed by atoms with Crippen molar-refractivity contribution in [1.29, 1.82) is 0 Å². The van der Waals surface area contributed by atoms with Gasteiger partial charge in [0.25, 0.3) is 0 Å². The Morgan fingerprint density at radius 3 is 1.32 bits per heavy atom. The highest BCUT2D eigenvalue weighted by Gasteiger charge is 2.52. The predicted molar refractivity (Wildman–Crippen MR) is 526 cm³/mol. The molecule has 36 heteroatoms. The number of amides is 6. The molecular weight excluding hydrogens is 1800 g/mol. The number of anilines is 1. The van der Waals surface area contributed by atoms with Crippen molar-refractivity contribution in [2.75, 3.05) is 32.2 Å². The molecule has 3 unspecified atom stereocenters. The molecule has 6 amide bonds. The van der Waals surface area contributed by atoms with Gasteiger partial charge >= 0.3 is 33.6 Å². The molecule has 1 saturated heterocycles. The Labute approximate surface area is 800 Å². The van der Waals surface area contributed by atoms with Crippen molar-refractivity contribution >= 4 is 95.5 Å². The SMILES string of the molecule is CC(=O)N[C@H]1[C@@H](OP(=O)(O)OP(=O)(O)OCCC(C)CC/C=C(/C)CC/C=C(/C)CC/C=C(/C)CC/C=C(/C)CC/C=C(/C)CC/C=C(/C)CC/C=C(\C)CC/C=C(\C)CC/C=C(\C)CCC=C(C)C)O[C@H](CO)[C@@H](O)[C@@H]1O[C@H](C)C(=O)N[C@@H](C)C(=O)N[C@H](CCC(=O)N[C@H](CCC[C@H](NS(=O)(=O)c1cccc2c(N(C)C)cccc12)C(=O)O)C(=O)N[C@H](C)C(=O)N[C@H](C)C(=O)O)C(=O)O. The van der Waals surface area contributed by atoms with E-state index in [0.29, 0.717) is 23.9 Å². The number of benzene rings is 2. The van der Waals surface area contributed by atoms with Gasteiger partial charge in [0.15, 0.2) is 6.29 Å². The summed E-state index contributed by atoms with van der Waals surface area (Å²) in [6.07, 6.45) is 32.0. The maximum atomic E-state index is 13.9. The van der Waals surface area contributed by atoms with Gasteiger partial charge in [-0.25, -0.2) is 22.3 Å². The molecule has 0 spiro atoms. The molecule has 0 aliphatic carbocycles. The summed E-state index contributed by atoms with van der Waals surface area (Å²) >= 11 is 0. The fourth-order valence-corrected chi connectivity index (χ4v) is 18.4. The van der Waals surface area contributed by atoms with Crippen LogP contribution in [0.4, 0.5) is 5.69 Å². The molecule has 0 radical (unpaired) electrons. The first-order valence-corrected chi connectivity index (χ1v) is 51.3. The van der Waals surface area contributed by atoms with Gasteiger partial charge in [0, 0.05) is 43.9 Å². The topological polar surface area (TPSA) is 497 Å². The number of carboxylic acids is 3. The number of hydrogen-bond acceptors (Lipinski definition) is 21. The molecule has 2 aromatic carbocycles. The molecular formula is C99H156N8O25P2S. The molecule has 1 heterocycles. The summed E-state index contributed by atoms with van der Waals surface area (Å²) in [5.74, 6) is -11.0. The molecule has 1 aliphatic heterocycles. The number of hydrogen-bond donors (Lipinski definition) is 14. The lowest BCUT2D eigenvalue weighted by atomic mass is 9.96. The van der Waals surface area contributed by atoms with Gasteiger partial charge in [0.1, 0.15) is 66.7 Å². The minimum Gasteiger partial charge on any atom is -0.480 e. The summed E-state index contributed by atoms with van der Waals surface area (Å²) in [5, 5.41) is 65.8. The first-order valence-electron chi connectivity index (χ1n) is 46.9. The molecule has 0 aromatic heterocycles. The van der Waals surface area contributed by atoms with Gasteiger partial charge in [0.2, 0.25) is 45.5 Å². The summed E-state index contributed by atoms with van der Waals surface area (Å²) in [4.78, 5) is 140. The van der Waals surface area contributed by atoms with E-state index >= 15 is 0 Å². The zero-order chi connectivity index (χ0) is 101. The number of nitrogens with zero attached hydrogens (tertiary/aromatic N) is 1. The lowest BCUT2D eigenvalue weighted by Crippen LogP contribution is -2.66. The van der Waals surface area contributed by atoms with E-state index in [1.807, 2.05) is 6.92 Å². The number of carbonyl (C=O) groups is 9. The first kappa shape index (κ1) is 120. The van der Waals surface area contributed by atoms with Crippen molar-refractivity contribution in [2.24, 2.45) is 5.92 Å². The Morgan fingerprint density at radius 1 is 0.474 bits per heavy atom. The minimum atomic E-state index is -5.78. The van der Waals surface area contributed by atoms with Crippen molar-refractivity contribution in [1.82, 2.24) is 36.6 Å². The number of allylic oxidation sites excluding steroid dienone is 20. The Kier molecular flexibility index (Phi) is 55.4. The maximum Gasteiger partial charge on any atom is 0.483 e. The molecule has 2 aromatic rings. The van der Waals surface area contributed by atoms with Gasteiger partial charge in [-0.1, -0.05) is 148 Å². The third-order valence-corrected chi connectivity index (χ3v) is 27.3. The van der Waals surface area contributed by atoms with Crippen LogP contribution >= 0.6 is 15.6 Å². The van der Waals surface area contributed by atoms with Gasteiger partial charge in [0.05, 0.1) is 18.1 Å². The lowest BCUT2D eigenvalue weighted by molar-refractivity contribution is -0.261. The smallest absolute Gasteiger partial charge is 0.480 e. The third-order valence-electron chi connectivity index (χ3n) is 23.1. The zero-order valence-corrected chi connectivity index (χ0v) is 85.4. The summed E-state index contributed by atoms with van der Waals surface area (Å²) in [6.45, 7) is 30.3. The van der Waals surface area contributed by atoms with Crippen LogP contribution in [-0.4, -0.2) is 197 Å². The second kappa shape index (κ2) is 62.2. The average Bonchev–Trinajstić information content (AvgIpc) is 0.783. The monoisotopic (exact) mass is 1950 g/mol. The number of carbonyl (C=O) groups excluding carboxylic acids is 6. The highest BCUT2D eigenvalue weighted by Crippen LogP contribution is 2.61. The van der Waals surface area contributed by atoms with Crippen molar-refractivity contribution in [3.05, 3.63) is 153 Å². The van der Waals surface area contributed by atoms with Crippen molar-refractivity contribution in [3.8, 4) is 0 Å². The van der Waals surface area contributed by atoms with Crippen LogP contribution < -0.4 is 41.5 Å². The van der Waals surface area contributed by atoms with Crippen LogP contribution in [0.5, 0.6) is 0 Å². The van der Waals surface area contributed by atoms with Crippen molar-refractivity contribution in [2.45, 2.75) is 363 Å². The minimum absolute atomic E-state index is 0.0427. The molecule has 15 atom stereocenters. The van der Waals surface area contributed by atoms with Crippen LogP contribution in [-0.2, 0) is 85.1 Å². The third kappa shape index (κ3) is 48.8. The van der Waals surface area contributed by atoms with Crippen molar-refractivity contribution < 1.29 is 119 Å². The number of ether oxygens (including phenoxy) is 2. The largest absolute Gasteiger partial charge is 0.483 e. The van der Waals surface area contributed by atoms with Crippen LogP contribution in [0.3, 0.4) is 0 Å². The van der Waals surface area contributed by atoms with Gasteiger partial charge in [-0.05, 0) is 282 Å². The number of fused-ring (bicyclic) bond motifs is 1. The van der Waals surface area contributed by atoms with E-state index in [1.54, 1.807) is 43.3 Å². The number of aliphatic carboxylic acids is 3. The molecule has 1 fully saturated rings. The number of phosphoric ester groups is 2. The van der Waals surface area contributed by atoms with Crippen molar-refractivity contribution in [3.63, 3.8) is 0 Å². The number of phosphoric acid groups is 2. The lowest BCUT2D eigenvalue weighted by Gasteiger charge is -2.44. The van der Waals surface area contributed by atoms with Crippen LogP contribution in [0.2, 0.25) is 0 Å². The van der Waals surface area contributed by atoms with Gasteiger partial charge in [-0.3, -0.25) is 47.4 Å². The second-order valence-corrected chi connectivity index (χ2v) is 40.9. The first-order chi connectivity index (χ1) is 63.3. The molecule has 0 saturated carbocycles. The fraction of sp³-hybridized carbons (Fsp3) is 0.606. The van der Waals surface area contributed by atoms with E-state index in [9.17, 15) is 96.0 Å². The van der Waals surface area contributed by atoms with Gasteiger partial charge < -0.3 is 81.6 Å². The molecule has 0 bridgehead atoms. The van der Waals surface area contributed by atoms with E-state index in [-0.39, 0.29) is 29.0 Å². The van der Waals surface area contributed by atoms with Crippen LogP contribution in [0.25, 0.3) is 10.8 Å². The summed E-state index contributed by atoms with van der Waals surface area (Å²) in [7, 11) is -12.2. The highest BCUT2D eigenvalue weighted by atomic mass is 32.2. The summed E-state index contributed by atoms with van der Waals surface area (Å²) < 4.78 is 82.8. The van der Waals surface area contributed by atoms with E-state index in [0.717, 1.165) is 143 Å².